The zero-order chi connectivity index (χ0) is 12.7. The van der Waals surface area contributed by atoms with Crippen molar-refractivity contribution >= 4 is 0 Å². The van der Waals surface area contributed by atoms with Gasteiger partial charge in [0.05, 0.1) is 0 Å². The van der Waals surface area contributed by atoms with Crippen LogP contribution in [0.5, 0.6) is 0 Å². The molecule has 1 aliphatic rings. The summed E-state index contributed by atoms with van der Waals surface area (Å²) < 4.78 is 0. The molecule has 0 aromatic heterocycles. The molecule has 1 rings (SSSR count). The van der Waals surface area contributed by atoms with Gasteiger partial charge in [0.2, 0.25) is 0 Å². The minimum Gasteiger partial charge on any atom is -0.314 e. The average Bonchev–Trinajstić information content (AvgIpc) is 2.68. The number of nitrogens with one attached hydrogen (secondary N) is 1. The molecule has 1 atom stereocenters. The first-order chi connectivity index (χ1) is 8.08. The van der Waals surface area contributed by atoms with E-state index in [0.29, 0.717) is 0 Å². The SMILES string of the molecule is CC(C)CN(CCCC1CCCN1)CC(C)C. The molecule has 1 N–H and O–H groups in total. The van der Waals surface area contributed by atoms with Gasteiger partial charge in [-0.25, -0.2) is 0 Å². The lowest BCUT2D eigenvalue weighted by Gasteiger charge is -2.26. The van der Waals surface area contributed by atoms with Crippen LogP contribution in [0.15, 0.2) is 0 Å². The third kappa shape index (κ3) is 7.05. The molecular weight excluding hydrogens is 208 g/mol. The third-order valence-corrected chi connectivity index (χ3v) is 3.44. The van der Waals surface area contributed by atoms with Crippen molar-refractivity contribution in [3.63, 3.8) is 0 Å². The molecule has 0 amide bonds. The molecular formula is C15H32N2. The highest BCUT2D eigenvalue weighted by Gasteiger charge is 2.14. The zero-order valence-corrected chi connectivity index (χ0v) is 12.3. The van der Waals surface area contributed by atoms with Crippen molar-refractivity contribution in [1.82, 2.24) is 10.2 Å². The highest BCUT2D eigenvalue weighted by atomic mass is 15.1. The van der Waals surface area contributed by atoms with Crippen LogP contribution < -0.4 is 5.32 Å². The van der Waals surface area contributed by atoms with E-state index in [9.17, 15) is 0 Å². The molecule has 17 heavy (non-hydrogen) atoms. The van der Waals surface area contributed by atoms with Crippen molar-refractivity contribution in [2.24, 2.45) is 11.8 Å². The van der Waals surface area contributed by atoms with Crippen LogP contribution in [0.1, 0.15) is 53.4 Å². The fourth-order valence-electron chi connectivity index (χ4n) is 2.85. The van der Waals surface area contributed by atoms with Crippen LogP contribution in [0, 0.1) is 11.8 Å². The number of hydrogen-bond donors (Lipinski definition) is 1. The quantitative estimate of drug-likeness (QED) is 0.701. The van der Waals surface area contributed by atoms with Crippen molar-refractivity contribution < 1.29 is 0 Å². The topological polar surface area (TPSA) is 15.3 Å². The van der Waals surface area contributed by atoms with Gasteiger partial charge in [0.1, 0.15) is 0 Å². The lowest BCUT2D eigenvalue weighted by molar-refractivity contribution is 0.213. The van der Waals surface area contributed by atoms with Gasteiger partial charge in [0, 0.05) is 19.1 Å². The van der Waals surface area contributed by atoms with E-state index in [0.717, 1.165) is 17.9 Å². The van der Waals surface area contributed by atoms with E-state index in [1.165, 1.54) is 51.9 Å². The van der Waals surface area contributed by atoms with E-state index >= 15 is 0 Å². The van der Waals surface area contributed by atoms with Crippen molar-refractivity contribution in [2.75, 3.05) is 26.2 Å². The molecule has 0 aromatic carbocycles. The lowest BCUT2D eigenvalue weighted by atomic mass is 10.1. The molecule has 1 unspecified atom stereocenters. The maximum absolute atomic E-state index is 3.59. The monoisotopic (exact) mass is 240 g/mol. The van der Waals surface area contributed by atoms with Crippen LogP contribution in [-0.4, -0.2) is 37.1 Å². The van der Waals surface area contributed by atoms with Gasteiger partial charge in [-0.1, -0.05) is 27.7 Å². The standard InChI is InChI=1S/C15H32N2/c1-13(2)11-17(12-14(3)4)10-6-8-15-7-5-9-16-15/h13-16H,5-12H2,1-4H3. The van der Waals surface area contributed by atoms with Crippen LogP contribution in [0.25, 0.3) is 0 Å². The summed E-state index contributed by atoms with van der Waals surface area (Å²) in [4.78, 5) is 2.66. The summed E-state index contributed by atoms with van der Waals surface area (Å²) in [5.41, 5.74) is 0. The lowest BCUT2D eigenvalue weighted by Crippen LogP contribution is -2.33. The van der Waals surface area contributed by atoms with E-state index in [1.54, 1.807) is 0 Å². The van der Waals surface area contributed by atoms with Crippen molar-refractivity contribution in [2.45, 2.75) is 59.4 Å². The minimum atomic E-state index is 0.790. The van der Waals surface area contributed by atoms with Gasteiger partial charge in [-0.05, 0) is 50.6 Å². The molecule has 102 valence electrons. The van der Waals surface area contributed by atoms with Crippen LogP contribution in [0.4, 0.5) is 0 Å². The first-order valence-corrected chi connectivity index (χ1v) is 7.53. The molecule has 0 radical (unpaired) electrons. The Morgan fingerprint density at radius 2 is 1.76 bits per heavy atom. The third-order valence-electron chi connectivity index (χ3n) is 3.44. The first-order valence-electron chi connectivity index (χ1n) is 7.53. The fourth-order valence-corrected chi connectivity index (χ4v) is 2.85. The summed E-state index contributed by atoms with van der Waals surface area (Å²) in [5.74, 6) is 1.58. The summed E-state index contributed by atoms with van der Waals surface area (Å²) in [6, 6.07) is 0.815. The van der Waals surface area contributed by atoms with Gasteiger partial charge in [-0.15, -0.1) is 0 Å². The minimum absolute atomic E-state index is 0.790. The maximum atomic E-state index is 3.59. The summed E-state index contributed by atoms with van der Waals surface area (Å²) in [6.07, 6.45) is 5.50. The van der Waals surface area contributed by atoms with Crippen molar-refractivity contribution in [3.8, 4) is 0 Å². The maximum Gasteiger partial charge on any atom is 0.00680 e. The number of hydrogen-bond acceptors (Lipinski definition) is 2. The van der Waals surface area contributed by atoms with Crippen molar-refractivity contribution in [3.05, 3.63) is 0 Å². The molecule has 0 aliphatic carbocycles. The summed E-state index contributed by atoms with van der Waals surface area (Å²) in [7, 11) is 0. The van der Waals surface area contributed by atoms with Gasteiger partial charge in [-0.3, -0.25) is 0 Å². The summed E-state index contributed by atoms with van der Waals surface area (Å²) in [6.45, 7) is 14.4. The highest BCUT2D eigenvalue weighted by Crippen LogP contribution is 2.12. The van der Waals surface area contributed by atoms with E-state index in [1.807, 2.05) is 0 Å². The first kappa shape index (κ1) is 15.0. The van der Waals surface area contributed by atoms with Crippen LogP contribution in [-0.2, 0) is 0 Å². The Kier molecular flexibility index (Phi) is 7.14. The summed E-state index contributed by atoms with van der Waals surface area (Å²) in [5, 5.41) is 3.59. The van der Waals surface area contributed by atoms with Gasteiger partial charge >= 0.3 is 0 Å². The summed E-state index contributed by atoms with van der Waals surface area (Å²) >= 11 is 0. The molecule has 1 fully saturated rings. The second-order valence-corrected chi connectivity index (χ2v) is 6.48. The molecule has 2 nitrogen and oxygen atoms in total. The Morgan fingerprint density at radius 3 is 2.24 bits per heavy atom. The Bertz CT molecular complexity index is 173. The van der Waals surface area contributed by atoms with E-state index in [-0.39, 0.29) is 0 Å². The Labute approximate surface area is 108 Å². The highest BCUT2D eigenvalue weighted by molar-refractivity contribution is 4.74. The number of rotatable bonds is 8. The number of nitrogens with zero attached hydrogens (tertiary/aromatic N) is 1. The van der Waals surface area contributed by atoms with E-state index in [4.69, 9.17) is 0 Å². The fraction of sp³-hybridized carbons (Fsp3) is 1.00. The van der Waals surface area contributed by atoms with Gasteiger partial charge in [-0.2, -0.15) is 0 Å². The van der Waals surface area contributed by atoms with E-state index < -0.39 is 0 Å². The van der Waals surface area contributed by atoms with Gasteiger partial charge in [0.25, 0.3) is 0 Å². The average molecular weight is 240 g/mol. The molecule has 2 heteroatoms. The second kappa shape index (κ2) is 8.10. The van der Waals surface area contributed by atoms with Gasteiger partial charge in [0.15, 0.2) is 0 Å². The van der Waals surface area contributed by atoms with E-state index in [2.05, 4.69) is 37.9 Å². The smallest absolute Gasteiger partial charge is 0.00680 e. The Hall–Kier alpha value is -0.0800. The van der Waals surface area contributed by atoms with Crippen LogP contribution >= 0.6 is 0 Å². The van der Waals surface area contributed by atoms with Crippen LogP contribution in [0.3, 0.4) is 0 Å². The van der Waals surface area contributed by atoms with Gasteiger partial charge < -0.3 is 10.2 Å². The molecule has 1 aliphatic heterocycles. The second-order valence-electron chi connectivity index (χ2n) is 6.48. The van der Waals surface area contributed by atoms with Crippen LogP contribution in [0.2, 0.25) is 0 Å². The van der Waals surface area contributed by atoms with Crippen molar-refractivity contribution in [1.29, 1.82) is 0 Å². The molecule has 0 bridgehead atoms. The predicted molar refractivity (Wildman–Crippen MR) is 76.4 cm³/mol. The molecule has 0 saturated carbocycles. The largest absolute Gasteiger partial charge is 0.314 e. The molecule has 1 saturated heterocycles. The molecule has 0 spiro atoms. The zero-order valence-electron chi connectivity index (χ0n) is 12.3. The Morgan fingerprint density at radius 1 is 1.12 bits per heavy atom. The molecule has 0 aromatic rings. The molecule has 1 heterocycles. The Balaban J connectivity index is 2.17. The normalized spacial score (nSPS) is 21.0. The predicted octanol–water partition coefficient (Wildman–Crippen LogP) is 3.13.